The molecule has 0 heterocycles. The molecule has 4 aliphatic rings. The standard InChI is InChI=1S/C20H30S/c1-13-8-11-20(21)15(12-13)5-6-16-17-7-4-14(2)19(17,3)10-9-18(16)20/h12,14,16-18,21H,1,4-11H2,2-3H3. The topological polar surface area (TPSA) is 0 Å². The van der Waals surface area contributed by atoms with E-state index in [2.05, 4.69) is 26.5 Å². The molecule has 0 aromatic carbocycles. The molecule has 3 fully saturated rings. The summed E-state index contributed by atoms with van der Waals surface area (Å²) in [6.45, 7) is 9.32. The summed E-state index contributed by atoms with van der Waals surface area (Å²) < 4.78 is 0.206. The van der Waals surface area contributed by atoms with E-state index in [1.807, 2.05) is 0 Å². The van der Waals surface area contributed by atoms with Crippen LogP contribution in [0, 0.1) is 29.1 Å². The van der Waals surface area contributed by atoms with Gasteiger partial charge in [-0.3, -0.25) is 0 Å². The first-order chi connectivity index (χ1) is 9.95. The molecular weight excluding hydrogens is 272 g/mol. The fourth-order valence-corrected chi connectivity index (χ4v) is 7.14. The molecule has 6 unspecified atom stereocenters. The first-order valence-electron chi connectivity index (χ1n) is 9.06. The first-order valence-corrected chi connectivity index (χ1v) is 9.51. The fraction of sp³-hybridized carbons (Fsp3) is 0.800. The zero-order valence-electron chi connectivity index (χ0n) is 13.7. The molecule has 0 radical (unpaired) electrons. The molecule has 0 amide bonds. The normalized spacial score (nSPS) is 52.7. The highest BCUT2D eigenvalue weighted by atomic mass is 32.1. The Balaban J connectivity index is 1.69. The van der Waals surface area contributed by atoms with E-state index in [0.29, 0.717) is 5.41 Å². The van der Waals surface area contributed by atoms with Crippen LogP contribution in [0.5, 0.6) is 0 Å². The van der Waals surface area contributed by atoms with Crippen LogP contribution in [0.2, 0.25) is 0 Å². The average molecular weight is 303 g/mol. The van der Waals surface area contributed by atoms with Gasteiger partial charge in [-0.15, -0.1) is 0 Å². The van der Waals surface area contributed by atoms with E-state index in [0.717, 1.165) is 30.1 Å². The number of hydrogen-bond donors (Lipinski definition) is 1. The fourth-order valence-electron chi connectivity index (χ4n) is 6.54. The second kappa shape index (κ2) is 4.66. The lowest BCUT2D eigenvalue weighted by Crippen LogP contribution is -2.52. The predicted molar refractivity (Wildman–Crippen MR) is 93.6 cm³/mol. The van der Waals surface area contributed by atoms with Gasteiger partial charge in [-0.25, -0.2) is 0 Å². The summed E-state index contributed by atoms with van der Waals surface area (Å²) in [6.07, 6.45) is 13.3. The molecule has 0 aliphatic heterocycles. The van der Waals surface area contributed by atoms with Crippen molar-refractivity contribution < 1.29 is 0 Å². The number of allylic oxidation sites excluding steroid dienone is 2. The van der Waals surface area contributed by atoms with Gasteiger partial charge in [-0.2, -0.15) is 12.6 Å². The monoisotopic (exact) mass is 302 g/mol. The third-order valence-electron chi connectivity index (χ3n) is 8.03. The van der Waals surface area contributed by atoms with E-state index in [4.69, 9.17) is 12.6 Å². The number of thiol groups is 1. The summed E-state index contributed by atoms with van der Waals surface area (Å²) in [6, 6.07) is 0. The van der Waals surface area contributed by atoms with Crippen LogP contribution in [0.15, 0.2) is 23.8 Å². The molecule has 0 saturated heterocycles. The molecule has 4 aliphatic carbocycles. The summed E-state index contributed by atoms with van der Waals surface area (Å²) >= 11 is 5.31. The molecule has 0 aromatic rings. The van der Waals surface area contributed by atoms with Crippen LogP contribution in [-0.4, -0.2) is 4.75 Å². The van der Waals surface area contributed by atoms with Crippen LogP contribution in [-0.2, 0) is 0 Å². The SMILES string of the molecule is C=C1C=C2CCC3C(CCC4(C)C(C)CCC34)C2(S)CC1. The molecule has 3 saturated carbocycles. The smallest absolute Gasteiger partial charge is 0.0375 e. The highest BCUT2D eigenvalue weighted by Crippen LogP contribution is 2.65. The van der Waals surface area contributed by atoms with Crippen LogP contribution < -0.4 is 0 Å². The summed E-state index contributed by atoms with van der Waals surface area (Å²) in [4.78, 5) is 0. The van der Waals surface area contributed by atoms with E-state index < -0.39 is 0 Å². The lowest BCUT2D eigenvalue weighted by atomic mass is 9.51. The van der Waals surface area contributed by atoms with Crippen molar-refractivity contribution in [2.24, 2.45) is 29.1 Å². The molecule has 1 heteroatoms. The van der Waals surface area contributed by atoms with Crippen LogP contribution in [0.1, 0.15) is 65.2 Å². The minimum absolute atomic E-state index is 0.206. The first kappa shape index (κ1) is 14.4. The summed E-state index contributed by atoms with van der Waals surface area (Å²) in [5.74, 6) is 3.68. The van der Waals surface area contributed by atoms with Crippen LogP contribution >= 0.6 is 12.6 Å². The molecule has 0 nitrogen and oxygen atoms in total. The highest BCUT2D eigenvalue weighted by molar-refractivity contribution is 7.82. The van der Waals surface area contributed by atoms with Gasteiger partial charge in [0, 0.05) is 4.75 Å². The summed E-state index contributed by atoms with van der Waals surface area (Å²) in [7, 11) is 0. The number of hydrogen-bond acceptors (Lipinski definition) is 1. The second-order valence-electron chi connectivity index (χ2n) is 8.69. The molecule has 21 heavy (non-hydrogen) atoms. The van der Waals surface area contributed by atoms with E-state index in [1.165, 1.54) is 50.5 Å². The Morgan fingerprint density at radius 1 is 1.10 bits per heavy atom. The number of fused-ring (bicyclic) bond motifs is 5. The molecule has 0 bridgehead atoms. The van der Waals surface area contributed by atoms with Gasteiger partial charge in [0.25, 0.3) is 0 Å². The van der Waals surface area contributed by atoms with Crippen LogP contribution in [0.4, 0.5) is 0 Å². The van der Waals surface area contributed by atoms with E-state index in [9.17, 15) is 0 Å². The minimum Gasteiger partial charge on any atom is -0.168 e. The molecule has 6 atom stereocenters. The van der Waals surface area contributed by atoms with Crippen LogP contribution in [0.3, 0.4) is 0 Å². The lowest BCUT2D eigenvalue weighted by Gasteiger charge is -2.57. The maximum atomic E-state index is 5.31. The minimum atomic E-state index is 0.206. The third kappa shape index (κ3) is 1.89. The molecular formula is C20H30S. The van der Waals surface area contributed by atoms with Crippen molar-refractivity contribution in [1.82, 2.24) is 0 Å². The van der Waals surface area contributed by atoms with Crippen molar-refractivity contribution in [3.63, 3.8) is 0 Å². The predicted octanol–water partition coefficient (Wildman–Crippen LogP) is 5.80. The van der Waals surface area contributed by atoms with Gasteiger partial charge in [0.05, 0.1) is 0 Å². The van der Waals surface area contributed by atoms with Gasteiger partial charge in [-0.1, -0.05) is 37.6 Å². The Hall–Kier alpha value is -0.170. The van der Waals surface area contributed by atoms with Gasteiger partial charge in [-0.05, 0) is 80.5 Å². The average Bonchev–Trinajstić information content (AvgIpc) is 2.76. The van der Waals surface area contributed by atoms with E-state index in [1.54, 1.807) is 5.57 Å². The van der Waals surface area contributed by atoms with Gasteiger partial charge < -0.3 is 0 Å². The maximum Gasteiger partial charge on any atom is 0.0375 e. The Kier molecular flexibility index (Phi) is 3.20. The lowest BCUT2D eigenvalue weighted by molar-refractivity contribution is -0.00919. The molecule has 0 aromatic heterocycles. The Bertz CT molecular complexity index is 504. The zero-order valence-corrected chi connectivity index (χ0v) is 14.6. The molecule has 0 spiro atoms. The van der Waals surface area contributed by atoms with E-state index in [-0.39, 0.29) is 4.75 Å². The molecule has 4 rings (SSSR count). The Morgan fingerprint density at radius 2 is 1.90 bits per heavy atom. The summed E-state index contributed by atoms with van der Waals surface area (Å²) in [5, 5.41) is 0. The van der Waals surface area contributed by atoms with E-state index >= 15 is 0 Å². The van der Waals surface area contributed by atoms with Crippen molar-refractivity contribution in [2.75, 3.05) is 0 Å². The van der Waals surface area contributed by atoms with Crippen molar-refractivity contribution in [3.8, 4) is 0 Å². The third-order valence-corrected chi connectivity index (χ3v) is 8.88. The quantitative estimate of drug-likeness (QED) is 0.537. The zero-order chi connectivity index (χ0) is 14.8. The van der Waals surface area contributed by atoms with Gasteiger partial charge in [0.2, 0.25) is 0 Å². The summed E-state index contributed by atoms with van der Waals surface area (Å²) in [5.41, 5.74) is 3.59. The van der Waals surface area contributed by atoms with Crippen molar-refractivity contribution >= 4 is 12.6 Å². The van der Waals surface area contributed by atoms with Gasteiger partial charge >= 0.3 is 0 Å². The molecule has 0 N–H and O–H groups in total. The largest absolute Gasteiger partial charge is 0.168 e. The van der Waals surface area contributed by atoms with Crippen molar-refractivity contribution in [3.05, 3.63) is 23.8 Å². The second-order valence-corrected chi connectivity index (χ2v) is 9.49. The maximum absolute atomic E-state index is 5.31. The van der Waals surface area contributed by atoms with Gasteiger partial charge in [0.15, 0.2) is 0 Å². The highest BCUT2D eigenvalue weighted by Gasteiger charge is 2.58. The Morgan fingerprint density at radius 3 is 2.71 bits per heavy atom. The van der Waals surface area contributed by atoms with Crippen molar-refractivity contribution in [2.45, 2.75) is 70.0 Å². The Labute approximate surface area is 135 Å². The van der Waals surface area contributed by atoms with Crippen molar-refractivity contribution in [1.29, 1.82) is 0 Å². The number of rotatable bonds is 0. The molecule has 116 valence electrons. The van der Waals surface area contributed by atoms with Crippen LogP contribution in [0.25, 0.3) is 0 Å². The van der Waals surface area contributed by atoms with Gasteiger partial charge in [0.1, 0.15) is 0 Å².